The Morgan fingerprint density at radius 3 is 2.67 bits per heavy atom. The van der Waals surface area contributed by atoms with Gasteiger partial charge in [0, 0.05) is 19.2 Å². The molecular formula is C11H15N3O4. The Labute approximate surface area is 104 Å². The Morgan fingerprint density at radius 1 is 1.56 bits per heavy atom. The van der Waals surface area contributed by atoms with E-state index in [0.29, 0.717) is 12.4 Å². The van der Waals surface area contributed by atoms with Gasteiger partial charge in [-0.2, -0.15) is 0 Å². The average Bonchev–Trinajstić information content (AvgIpc) is 2.35. The van der Waals surface area contributed by atoms with Crippen LogP contribution in [0.1, 0.15) is 30.6 Å². The molecule has 0 fully saturated rings. The first-order chi connectivity index (χ1) is 8.51. The summed E-state index contributed by atoms with van der Waals surface area (Å²) in [6, 6.07) is 1.25. The third-order valence-electron chi connectivity index (χ3n) is 2.49. The zero-order valence-electron chi connectivity index (χ0n) is 10.3. The number of anilines is 1. The van der Waals surface area contributed by atoms with Crippen molar-refractivity contribution in [1.29, 1.82) is 0 Å². The fraction of sp³-hybridized carbons (Fsp3) is 0.455. The van der Waals surface area contributed by atoms with Crippen molar-refractivity contribution in [1.82, 2.24) is 4.98 Å². The number of carboxylic acids is 1. The minimum absolute atomic E-state index is 0.334. The average molecular weight is 253 g/mol. The van der Waals surface area contributed by atoms with Crippen LogP contribution in [0.4, 0.5) is 11.5 Å². The van der Waals surface area contributed by atoms with Gasteiger partial charge in [-0.1, -0.05) is 6.92 Å². The van der Waals surface area contributed by atoms with Gasteiger partial charge in [0.05, 0.1) is 4.92 Å². The zero-order valence-corrected chi connectivity index (χ0v) is 10.3. The van der Waals surface area contributed by atoms with E-state index in [0.717, 1.165) is 19.2 Å². The monoisotopic (exact) mass is 253 g/mol. The fourth-order valence-electron chi connectivity index (χ4n) is 1.63. The van der Waals surface area contributed by atoms with Crippen molar-refractivity contribution in [3.63, 3.8) is 0 Å². The quantitative estimate of drug-likeness (QED) is 0.614. The van der Waals surface area contributed by atoms with Gasteiger partial charge < -0.3 is 10.0 Å². The van der Waals surface area contributed by atoms with Gasteiger partial charge in [0.2, 0.25) is 0 Å². The van der Waals surface area contributed by atoms with Crippen molar-refractivity contribution in [2.45, 2.75) is 20.3 Å². The van der Waals surface area contributed by atoms with Crippen LogP contribution in [0.15, 0.2) is 12.3 Å². The first-order valence-corrected chi connectivity index (χ1v) is 5.63. The Bertz CT molecular complexity index is 462. The van der Waals surface area contributed by atoms with E-state index in [2.05, 4.69) is 4.98 Å². The van der Waals surface area contributed by atoms with Gasteiger partial charge in [-0.25, -0.2) is 9.78 Å². The molecule has 0 bridgehead atoms. The smallest absolute Gasteiger partial charge is 0.342 e. The molecule has 1 aromatic rings. The zero-order chi connectivity index (χ0) is 13.7. The first kappa shape index (κ1) is 13.9. The van der Waals surface area contributed by atoms with Crippen molar-refractivity contribution >= 4 is 17.5 Å². The highest BCUT2D eigenvalue weighted by Gasteiger charge is 2.22. The van der Waals surface area contributed by atoms with Gasteiger partial charge in [-0.3, -0.25) is 10.1 Å². The minimum atomic E-state index is -1.32. The Hall–Kier alpha value is -2.18. The van der Waals surface area contributed by atoms with Crippen LogP contribution >= 0.6 is 0 Å². The van der Waals surface area contributed by atoms with Crippen LogP contribution in [0.3, 0.4) is 0 Å². The number of aromatic carboxylic acids is 1. The highest BCUT2D eigenvalue weighted by Crippen LogP contribution is 2.22. The summed E-state index contributed by atoms with van der Waals surface area (Å²) in [5, 5.41) is 19.7. The normalized spacial score (nSPS) is 10.1. The molecule has 7 nitrogen and oxygen atoms in total. The molecule has 0 aliphatic rings. The molecule has 0 saturated heterocycles. The van der Waals surface area contributed by atoms with E-state index in [1.165, 1.54) is 6.07 Å². The molecule has 0 amide bonds. The lowest BCUT2D eigenvalue weighted by molar-refractivity contribution is -0.385. The molecule has 0 aromatic carbocycles. The third kappa shape index (κ3) is 2.93. The van der Waals surface area contributed by atoms with Gasteiger partial charge in [0.15, 0.2) is 0 Å². The lowest BCUT2D eigenvalue weighted by Gasteiger charge is -2.21. The summed E-state index contributed by atoms with van der Waals surface area (Å²) in [6.45, 7) is 5.30. The van der Waals surface area contributed by atoms with Crippen LogP contribution < -0.4 is 4.90 Å². The highest BCUT2D eigenvalue weighted by atomic mass is 16.6. The second-order valence-electron chi connectivity index (χ2n) is 3.70. The lowest BCUT2D eigenvalue weighted by atomic mass is 10.2. The summed E-state index contributed by atoms with van der Waals surface area (Å²) in [7, 11) is 0. The molecule has 0 aliphatic heterocycles. The van der Waals surface area contributed by atoms with Crippen LogP contribution in [-0.2, 0) is 0 Å². The van der Waals surface area contributed by atoms with Crippen LogP contribution in [-0.4, -0.2) is 34.1 Å². The van der Waals surface area contributed by atoms with Crippen molar-refractivity contribution in [3.8, 4) is 0 Å². The molecule has 0 spiro atoms. The van der Waals surface area contributed by atoms with Crippen molar-refractivity contribution in [3.05, 3.63) is 27.9 Å². The molecule has 0 saturated carbocycles. The number of hydrogen-bond donors (Lipinski definition) is 1. The first-order valence-electron chi connectivity index (χ1n) is 5.63. The van der Waals surface area contributed by atoms with Crippen molar-refractivity contribution < 1.29 is 14.8 Å². The van der Waals surface area contributed by atoms with Gasteiger partial charge >= 0.3 is 11.7 Å². The van der Waals surface area contributed by atoms with Gasteiger partial charge in [0.1, 0.15) is 17.6 Å². The molecule has 1 aromatic heterocycles. The van der Waals surface area contributed by atoms with E-state index >= 15 is 0 Å². The molecule has 1 heterocycles. The molecule has 0 unspecified atom stereocenters. The summed E-state index contributed by atoms with van der Waals surface area (Å²) < 4.78 is 0. The summed E-state index contributed by atoms with van der Waals surface area (Å²) in [5.74, 6) is -0.875. The predicted octanol–water partition coefficient (Wildman–Crippen LogP) is 1.92. The summed E-state index contributed by atoms with van der Waals surface area (Å²) in [4.78, 5) is 26.8. The number of carboxylic acid groups (broad SMARTS) is 1. The molecule has 1 N–H and O–H groups in total. The number of carbonyl (C=O) groups is 1. The number of aromatic nitrogens is 1. The topological polar surface area (TPSA) is 96.6 Å². The number of pyridine rings is 1. The maximum atomic E-state index is 11.0. The molecule has 0 radical (unpaired) electrons. The van der Waals surface area contributed by atoms with E-state index in [9.17, 15) is 14.9 Å². The minimum Gasteiger partial charge on any atom is -0.477 e. The van der Waals surface area contributed by atoms with Crippen LogP contribution in [0, 0.1) is 10.1 Å². The molecule has 0 aliphatic carbocycles. The second-order valence-corrected chi connectivity index (χ2v) is 3.70. The van der Waals surface area contributed by atoms with E-state index < -0.39 is 16.6 Å². The van der Waals surface area contributed by atoms with Gasteiger partial charge in [-0.15, -0.1) is 0 Å². The Morgan fingerprint density at radius 2 is 2.22 bits per heavy atom. The lowest BCUT2D eigenvalue weighted by Crippen LogP contribution is -2.24. The summed E-state index contributed by atoms with van der Waals surface area (Å²) in [6.07, 6.45) is 1.88. The van der Waals surface area contributed by atoms with E-state index in [1.54, 1.807) is 0 Å². The molecule has 0 atom stereocenters. The van der Waals surface area contributed by atoms with E-state index in [1.807, 2.05) is 18.7 Å². The van der Waals surface area contributed by atoms with Crippen LogP contribution in [0.5, 0.6) is 0 Å². The van der Waals surface area contributed by atoms with Gasteiger partial charge in [0.25, 0.3) is 0 Å². The maximum absolute atomic E-state index is 11.0. The van der Waals surface area contributed by atoms with Crippen molar-refractivity contribution in [2.75, 3.05) is 18.0 Å². The van der Waals surface area contributed by atoms with Crippen LogP contribution in [0.2, 0.25) is 0 Å². The van der Waals surface area contributed by atoms with E-state index in [4.69, 9.17) is 5.11 Å². The molecule has 7 heteroatoms. The molecule has 98 valence electrons. The summed E-state index contributed by atoms with van der Waals surface area (Å²) in [5.41, 5.74) is -0.821. The summed E-state index contributed by atoms with van der Waals surface area (Å²) >= 11 is 0. The Balaban J connectivity index is 3.21. The second kappa shape index (κ2) is 5.95. The largest absolute Gasteiger partial charge is 0.477 e. The van der Waals surface area contributed by atoms with Crippen LogP contribution in [0.25, 0.3) is 0 Å². The number of nitrogens with zero attached hydrogens (tertiary/aromatic N) is 3. The standard InChI is InChI=1S/C11H15N3O4/c1-3-5-13(4-2)10-6-8(11(15)16)9(7-12-10)14(17)18/h6-7H,3-5H2,1-2H3,(H,15,16). The third-order valence-corrected chi connectivity index (χ3v) is 2.49. The highest BCUT2D eigenvalue weighted by molar-refractivity contribution is 5.93. The number of nitro groups is 1. The maximum Gasteiger partial charge on any atom is 0.342 e. The SMILES string of the molecule is CCCN(CC)c1cc(C(=O)O)c([N+](=O)[O-])cn1. The molecule has 1 rings (SSSR count). The predicted molar refractivity (Wildman–Crippen MR) is 66.0 cm³/mol. The molecule has 18 heavy (non-hydrogen) atoms. The van der Waals surface area contributed by atoms with E-state index in [-0.39, 0.29) is 5.56 Å². The Kier molecular flexibility index (Phi) is 4.59. The van der Waals surface area contributed by atoms with Crippen molar-refractivity contribution in [2.24, 2.45) is 0 Å². The van der Waals surface area contributed by atoms with Gasteiger partial charge in [-0.05, 0) is 13.3 Å². The number of hydrogen-bond acceptors (Lipinski definition) is 5. The fourth-order valence-corrected chi connectivity index (χ4v) is 1.63. The number of rotatable bonds is 6. The molecular weight excluding hydrogens is 238 g/mol.